The normalized spacial score (nSPS) is 19.2. The quantitative estimate of drug-likeness (QED) is 0.700. The molecule has 2 atom stereocenters. The zero-order valence-electron chi connectivity index (χ0n) is 16.7. The Bertz CT molecular complexity index is 1010. The van der Waals surface area contributed by atoms with E-state index in [9.17, 15) is 14.4 Å². The van der Waals surface area contributed by atoms with Crippen molar-refractivity contribution in [2.45, 2.75) is 38.8 Å². The maximum atomic E-state index is 12.9. The highest BCUT2D eigenvalue weighted by Crippen LogP contribution is 2.33. The number of H-pyrrole nitrogens is 1. The molecular weight excluding hydrogens is 368 g/mol. The van der Waals surface area contributed by atoms with Crippen molar-refractivity contribution in [1.29, 1.82) is 0 Å². The van der Waals surface area contributed by atoms with Gasteiger partial charge in [-0.1, -0.05) is 25.5 Å². The number of aromatic amines is 1. The highest BCUT2D eigenvalue weighted by Gasteiger charge is 2.36. The van der Waals surface area contributed by atoms with Gasteiger partial charge in [0.25, 0.3) is 17.4 Å². The van der Waals surface area contributed by atoms with E-state index in [4.69, 9.17) is 0 Å². The van der Waals surface area contributed by atoms with E-state index >= 15 is 0 Å². The zero-order chi connectivity index (χ0) is 20.5. The molecular formula is C22H26N4O3. The van der Waals surface area contributed by atoms with Crippen LogP contribution in [0.3, 0.4) is 0 Å². The van der Waals surface area contributed by atoms with Crippen molar-refractivity contribution >= 4 is 17.5 Å². The summed E-state index contributed by atoms with van der Waals surface area (Å²) in [4.78, 5) is 41.7. The second-order valence-corrected chi connectivity index (χ2v) is 7.90. The van der Waals surface area contributed by atoms with Gasteiger partial charge in [0, 0.05) is 38.1 Å². The van der Waals surface area contributed by atoms with Crippen molar-refractivity contribution in [3.8, 4) is 0 Å². The number of nitrogens with one attached hydrogen (secondary N) is 3. The topological polar surface area (TPSA) is 94.3 Å². The van der Waals surface area contributed by atoms with E-state index in [1.54, 1.807) is 7.05 Å². The Morgan fingerprint density at radius 3 is 2.90 bits per heavy atom. The average molecular weight is 394 g/mol. The first-order chi connectivity index (χ1) is 14.0. The number of aromatic nitrogens is 1. The van der Waals surface area contributed by atoms with Crippen molar-refractivity contribution in [2.75, 3.05) is 18.9 Å². The lowest BCUT2D eigenvalue weighted by molar-refractivity contribution is 0.0783. The third kappa shape index (κ3) is 3.90. The van der Waals surface area contributed by atoms with Crippen molar-refractivity contribution in [3.05, 3.63) is 63.1 Å². The van der Waals surface area contributed by atoms with Crippen LogP contribution in [0.25, 0.3) is 0 Å². The Kier molecular flexibility index (Phi) is 5.13. The molecule has 1 aliphatic carbocycles. The van der Waals surface area contributed by atoms with Gasteiger partial charge in [0.15, 0.2) is 0 Å². The molecule has 0 radical (unpaired) electrons. The van der Waals surface area contributed by atoms with E-state index in [1.807, 2.05) is 18.2 Å². The number of rotatable bonds is 6. The van der Waals surface area contributed by atoms with Crippen molar-refractivity contribution in [2.24, 2.45) is 5.92 Å². The number of fused-ring (bicyclic) bond motifs is 1. The van der Waals surface area contributed by atoms with Gasteiger partial charge in [-0.05, 0) is 42.0 Å². The fourth-order valence-electron chi connectivity index (χ4n) is 4.00. The number of carbonyl (C=O) groups excluding carboxylic acids is 2. The second kappa shape index (κ2) is 7.73. The van der Waals surface area contributed by atoms with Crippen LogP contribution in [0.5, 0.6) is 0 Å². The van der Waals surface area contributed by atoms with E-state index in [0.717, 1.165) is 37.1 Å². The predicted molar refractivity (Wildman–Crippen MR) is 111 cm³/mol. The molecule has 3 N–H and O–H groups in total. The van der Waals surface area contributed by atoms with E-state index in [-0.39, 0.29) is 17.5 Å². The molecule has 29 heavy (non-hydrogen) atoms. The smallest absolute Gasteiger partial charge is 0.260 e. The molecule has 2 amide bonds. The molecule has 7 heteroatoms. The molecule has 2 aromatic rings. The molecule has 1 saturated carbocycles. The number of hydrogen-bond donors (Lipinski definition) is 3. The lowest BCUT2D eigenvalue weighted by Crippen LogP contribution is -2.33. The molecule has 2 aliphatic rings. The highest BCUT2D eigenvalue weighted by atomic mass is 16.2. The maximum Gasteiger partial charge on any atom is 0.260 e. The molecule has 4 rings (SSSR count). The monoisotopic (exact) mass is 394 g/mol. The van der Waals surface area contributed by atoms with Gasteiger partial charge in [-0.25, -0.2) is 0 Å². The summed E-state index contributed by atoms with van der Waals surface area (Å²) in [7, 11) is 1.67. The lowest BCUT2D eigenvalue weighted by Gasteiger charge is -2.19. The second-order valence-electron chi connectivity index (χ2n) is 7.90. The van der Waals surface area contributed by atoms with Gasteiger partial charge in [-0.15, -0.1) is 0 Å². The van der Waals surface area contributed by atoms with E-state index in [1.165, 1.54) is 22.7 Å². The molecule has 0 unspecified atom stereocenters. The number of hydrogen-bond acceptors (Lipinski definition) is 4. The van der Waals surface area contributed by atoms with Crippen LogP contribution in [0.4, 0.5) is 5.69 Å². The summed E-state index contributed by atoms with van der Waals surface area (Å²) in [6, 6.07) is 7.58. The first-order valence-corrected chi connectivity index (χ1v) is 10.1. The molecule has 152 valence electrons. The fourth-order valence-corrected chi connectivity index (χ4v) is 4.00. The third-order valence-corrected chi connectivity index (χ3v) is 5.88. The molecule has 2 heterocycles. The molecule has 0 saturated heterocycles. The van der Waals surface area contributed by atoms with Crippen molar-refractivity contribution < 1.29 is 9.59 Å². The first kappa shape index (κ1) is 19.2. The molecule has 1 aromatic carbocycles. The third-order valence-electron chi connectivity index (χ3n) is 5.88. The van der Waals surface area contributed by atoms with Crippen LogP contribution in [0, 0.1) is 5.92 Å². The Labute approximate surface area is 169 Å². The van der Waals surface area contributed by atoms with Crippen molar-refractivity contribution in [1.82, 2.24) is 15.2 Å². The Morgan fingerprint density at radius 1 is 1.31 bits per heavy atom. The minimum absolute atomic E-state index is 0.0197. The van der Waals surface area contributed by atoms with Crippen LogP contribution in [-0.4, -0.2) is 41.3 Å². The van der Waals surface area contributed by atoms with Crippen molar-refractivity contribution in [3.63, 3.8) is 0 Å². The van der Waals surface area contributed by atoms with Crippen LogP contribution in [0.1, 0.15) is 51.6 Å². The maximum absolute atomic E-state index is 12.9. The van der Waals surface area contributed by atoms with E-state index in [2.05, 4.69) is 22.5 Å². The molecule has 1 fully saturated rings. The van der Waals surface area contributed by atoms with Crippen LogP contribution in [-0.2, 0) is 13.0 Å². The van der Waals surface area contributed by atoms with Gasteiger partial charge in [0.05, 0.1) is 5.56 Å². The number of amides is 2. The molecule has 0 spiro atoms. The SMILES string of the molecule is CC[C@@H]1C[C@H]1NC(=O)c1c[nH]c(=O)c(C(=O)N(C)Cc2cccc3c2CCN3)c1. The number of pyridine rings is 1. The highest BCUT2D eigenvalue weighted by molar-refractivity contribution is 5.99. The summed E-state index contributed by atoms with van der Waals surface area (Å²) in [5.74, 6) is -0.135. The molecule has 1 aliphatic heterocycles. The molecule has 0 bridgehead atoms. The van der Waals surface area contributed by atoms with Gasteiger partial charge in [-0.2, -0.15) is 0 Å². The number of carbonyl (C=O) groups is 2. The van der Waals surface area contributed by atoms with Gasteiger partial charge < -0.3 is 20.5 Å². The first-order valence-electron chi connectivity index (χ1n) is 10.1. The molecule has 1 aromatic heterocycles. The zero-order valence-corrected chi connectivity index (χ0v) is 16.7. The van der Waals surface area contributed by atoms with Gasteiger partial charge >= 0.3 is 0 Å². The summed E-state index contributed by atoms with van der Waals surface area (Å²) >= 11 is 0. The van der Waals surface area contributed by atoms with Gasteiger partial charge in [0.2, 0.25) is 0 Å². The Morgan fingerprint density at radius 2 is 2.14 bits per heavy atom. The molecule has 7 nitrogen and oxygen atoms in total. The Balaban J connectivity index is 1.50. The largest absolute Gasteiger partial charge is 0.384 e. The predicted octanol–water partition coefficient (Wildman–Crippen LogP) is 2.14. The van der Waals surface area contributed by atoms with Crippen LogP contribution < -0.4 is 16.2 Å². The fraction of sp³-hybridized carbons (Fsp3) is 0.409. The van der Waals surface area contributed by atoms with Gasteiger partial charge in [-0.3, -0.25) is 14.4 Å². The standard InChI is InChI=1S/C22H26N4O3/c1-3-13-10-19(13)25-20(27)15-9-17(21(28)24-11-15)22(29)26(2)12-14-5-4-6-18-16(14)7-8-23-18/h4-6,9,11,13,19,23H,3,7-8,10,12H2,1-2H3,(H,24,28)(H,25,27)/t13-,19-/m1/s1. The van der Waals surface area contributed by atoms with E-state index in [0.29, 0.717) is 18.0 Å². The summed E-state index contributed by atoms with van der Waals surface area (Å²) in [5, 5.41) is 6.29. The Hall–Kier alpha value is -3.09. The number of anilines is 1. The van der Waals surface area contributed by atoms with Gasteiger partial charge in [0.1, 0.15) is 5.56 Å². The summed E-state index contributed by atoms with van der Waals surface area (Å²) in [5.41, 5.74) is 3.17. The number of nitrogens with zero attached hydrogens (tertiary/aromatic N) is 1. The van der Waals surface area contributed by atoms with Crippen LogP contribution in [0.15, 0.2) is 35.3 Å². The summed E-state index contributed by atoms with van der Waals surface area (Å²) in [6.45, 7) is 3.39. The number of benzene rings is 1. The van der Waals surface area contributed by atoms with E-state index < -0.39 is 11.5 Å². The average Bonchev–Trinajstić information content (AvgIpc) is 3.28. The minimum Gasteiger partial charge on any atom is -0.384 e. The lowest BCUT2D eigenvalue weighted by atomic mass is 10.0. The van der Waals surface area contributed by atoms with Crippen LogP contribution in [0.2, 0.25) is 0 Å². The summed E-state index contributed by atoms with van der Waals surface area (Å²) in [6.07, 6.45) is 4.30. The van der Waals surface area contributed by atoms with Crippen LogP contribution >= 0.6 is 0 Å². The minimum atomic E-state index is -0.490. The summed E-state index contributed by atoms with van der Waals surface area (Å²) < 4.78 is 0.